The number of rotatable bonds is 8. The Labute approximate surface area is 127 Å². The Bertz CT molecular complexity index is 454. The Morgan fingerprint density at radius 3 is 2.62 bits per heavy atom. The van der Waals surface area contributed by atoms with Crippen molar-refractivity contribution in [1.29, 1.82) is 0 Å². The number of aryl methyl sites for hydroxylation is 1. The van der Waals surface area contributed by atoms with Gasteiger partial charge in [0.25, 0.3) is 0 Å². The Morgan fingerprint density at radius 1 is 1.38 bits per heavy atom. The van der Waals surface area contributed by atoms with Crippen molar-refractivity contribution in [3.05, 3.63) is 29.8 Å². The van der Waals surface area contributed by atoms with Crippen LogP contribution in [0, 0.1) is 6.92 Å². The maximum absolute atomic E-state index is 12.1. The lowest BCUT2D eigenvalue weighted by Gasteiger charge is -2.22. The molecule has 0 radical (unpaired) electrons. The Kier molecular flexibility index (Phi) is 5.62. The molecule has 1 amide bonds. The fourth-order valence-electron chi connectivity index (χ4n) is 2.30. The second-order valence-electron chi connectivity index (χ2n) is 5.82. The summed E-state index contributed by atoms with van der Waals surface area (Å²) >= 11 is 0. The number of hydrogen-bond donors (Lipinski definition) is 1. The third kappa shape index (κ3) is 5.05. The molecule has 0 aromatic heterocycles. The van der Waals surface area contributed by atoms with Crippen LogP contribution in [0.4, 0.5) is 0 Å². The number of hydrogen-bond acceptors (Lipinski definition) is 3. The molecule has 21 heavy (non-hydrogen) atoms. The molecule has 1 unspecified atom stereocenters. The minimum Gasteiger partial charge on any atom is -0.492 e. The maximum atomic E-state index is 12.1. The lowest BCUT2D eigenvalue weighted by atomic mass is 10.2. The van der Waals surface area contributed by atoms with Gasteiger partial charge in [0.2, 0.25) is 5.91 Å². The third-order valence-electron chi connectivity index (χ3n) is 3.77. The van der Waals surface area contributed by atoms with Crippen molar-refractivity contribution in [3.8, 4) is 5.75 Å². The highest BCUT2D eigenvalue weighted by atomic mass is 16.5. The summed E-state index contributed by atoms with van der Waals surface area (Å²) < 4.78 is 5.71. The van der Waals surface area contributed by atoms with Gasteiger partial charge >= 0.3 is 0 Å². The molecule has 1 saturated carbocycles. The number of carbonyl (C=O) groups is 1. The highest BCUT2D eigenvalue weighted by molar-refractivity contribution is 5.78. The van der Waals surface area contributed by atoms with E-state index in [9.17, 15) is 4.79 Å². The van der Waals surface area contributed by atoms with Crippen molar-refractivity contribution in [1.82, 2.24) is 10.2 Å². The Morgan fingerprint density at radius 2 is 2.05 bits per heavy atom. The molecule has 0 spiro atoms. The van der Waals surface area contributed by atoms with Gasteiger partial charge in [-0.05, 0) is 45.7 Å². The molecule has 1 aromatic carbocycles. The van der Waals surface area contributed by atoms with E-state index in [1.807, 2.05) is 43.0 Å². The van der Waals surface area contributed by atoms with Crippen LogP contribution in [0.15, 0.2) is 24.3 Å². The van der Waals surface area contributed by atoms with Crippen LogP contribution in [0.5, 0.6) is 5.75 Å². The summed E-state index contributed by atoms with van der Waals surface area (Å²) in [6, 6.07) is 8.65. The summed E-state index contributed by atoms with van der Waals surface area (Å²) in [6.07, 6.45) is 2.32. The van der Waals surface area contributed by atoms with Crippen LogP contribution in [-0.2, 0) is 4.79 Å². The number of ether oxygens (including phenoxy) is 1. The standard InChI is InChI=1S/C17H26N2O2/c1-4-19(15-7-8-15)17(20)11-18-14(3)12-21-16-9-5-13(2)6-10-16/h5-6,9-10,14-15,18H,4,7-8,11-12H2,1-3H3. The molecule has 0 saturated heterocycles. The Balaban J connectivity index is 1.68. The molecule has 1 fully saturated rings. The molecule has 1 atom stereocenters. The van der Waals surface area contributed by atoms with Gasteiger partial charge in [-0.15, -0.1) is 0 Å². The number of likely N-dealkylation sites (N-methyl/N-ethyl adjacent to an activating group) is 1. The average Bonchev–Trinajstić information content (AvgIpc) is 3.30. The van der Waals surface area contributed by atoms with Crippen LogP contribution >= 0.6 is 0 Å². The van der Waals surface area contributed by atoms with E-state index < -0.39 is 0 Å². The fourth-order valence-corrected chi connectivity index (χ4v) is 2.30. The van der Waals surface area contributed by atoms with E-state index in [2.05, 4.69) is 12.2 Å². The van der Waals surface area contributed by atoms with Crippen LogP contribution in [0.2, 0.25) is 0 Å². The molecule has 1 aliphatic carbocycles. The van der Waals surface area contributed by atoms with Crippen LogP contribution in [0.25, 0.3) is 0 Å². The summed E-state index contributed by atoms with van der Waals surface area (Å²) in [5.74, 6) is 1.07. The van der Waals surface area contributed by atoms with Crippen molar-refractivity contribution in [3.63, 3.8) is 0 Å². The number of carbonyl (C=O) groups excluding carboxylic acids is 1. The van der Waals surface area contributed by atoms with Crippen LogP contribution in [0.1, 0.15) is 32.3 Å². The number of amides is 1. The zero-order chi connectivity index (χ0) is 15.2. The molecule has 1 aliphatic rings. The van der Waals surface area contributed by atoms with Crippen molar-refractivity contribution in [2.24, 2.45) is 0 Å². The van der Waals surface area contributed by atoms with Crippen molar-refractivity contribution in [2.45, 2.75) is 45.7 Å². The van der Waals surface area contributed by atoms with Crippen molar-refractivity contribution in [2.75, 3.05) is 19.7 Å². The molecule has 0 bridgehead atoms. The topological polar surface area (TPSA) is 41.6 Å². The van der Waals surface area contributed by atoms with Crippen LogP contribution in [-0.4, -0.2) is 42.6 Å². The first-order valence-corrected chi connectivity index (χ1v) is 7.82. The summed E-state index contributed by atoms with van der Waals surface area (Å²) in [7, 11) is 0. The number of nitrogens with one attached hydrogen (secondary N) is 1. The van der Waals surface area contributed by atoms with E-state index in [1.165, 1.54) is 5.56 Å². The van der Waals surface area contributed by atoms with Gasteiger partial charge in [0, 0.05) is 18.6 Å². The van der Waals surface area contributed by atoms with Gasteiger partial charge in [-0.3, -0.25) is 4.79 Å². The maximum Gasteiger partial charge on any atom is 0.236 e. The SMILES string of the molecule is CCN(C(=O)CNC(C)COc1ccc(C)cc1)C1CC1. The first-order valence-electron chi connectivity index (χ1n) is 7.82. The first kappa shape index (κ1) is 15.8. The molecule has 2 rings (SSSR count). The minimum atomic E-state index is 0.146. The zero-order valence-corrected chi connectivity index (χ0v) is 13.3. The van der Waals surface area contributed by atoms with Crippen LogP contribution < -0.4 is 10.1 Å². The van der Waals surface area contributed by atoms with Gasteiger partial charge in [-0.25, -0.2) is 0 Å². The van der Waals surface area contributed by atoms with E-state index in [1.54, 1.807) is 0 Å². The summed E-state index contributed by atoms with van der Waals surface area (Å²) in [6.45, 7) is 7.89. The highest BCUT2D eigenvalue weighted by Gasteiger charge is 2.30. The lowest BCUT2D eigenvalue weighted by molar-refractivity contribution is -0.130. The van der Waals surface area contributed by atoms with E-state index >= 15 is 0 Å². The summed E-state index contributed by atoms with van der Waals surface area (Å²) in [4.78, 5) is 14.1. The summed E-state index contributed by atoms with van der Waals surface area (Å²) in [5, 5.41) is 3.25. The predicted molar refractivity (Wildman–Crippen MR) is 84.5 cm³/mol. The van der Waals surface area contributed by atoms with Crippen LogP contribution in [0.3, 0.4) is 0 Å². The zero-order valence-electron chi connectivity index (χ0n) is 13.3. The average molecular weight is 290 g/mol. The van der Waals surface area contributed by atoms with E-state index in [4.69, 9.17) is 4.74 Å². The largest absolute Gasteiger partial charge is 0.492 e. The molecule has 116 valence electrons. The second kappa shape index (κ2) is 7.46. The Hall–Kier alpha value is -1.55. The molecule has 1 aromatic rings. The minimum absolute atomic E-state index is 0.146. The molecule has 4 heteroatoms. The second-order valence-corrected chi connectivity index (χ2v) is 5.82. The third-order valence-corrected chi connectivity index (χ3v) is 3.77. The number of nitrogens with zero attached hydrogens (tertiary/aromatic N) is 1. The van der Waals surface area contributed by atoms with Gasteiger partial charge in [-0.2, -0.15) is 0 Å². The molecule has 0 aliphatic heterocycles. The van der Waals surface area contributed by atoms with E-state index in [0.29, 0.717) is 19.2 Å². The normalized spacial score (nSPS) is 15.6. The first-order chi connectivity index (χ1) is 10.1. The summed E-state index contributed by atoms with van der Waals surface area (Å²) in [5.41, 5.74) is 1.22. The van der Waals surface area contributed by atoms with Gasteiger partial charge in [0.15, 0.2) is 0 Å². The van der Waals surface area contributed by atoms with Gasteiger partial charge in [-0.1, -0.05) is 17.7 Å². The van der Waals surface area contributed by atoms with Crippen molar-refractivity contribution >= 4 is 5.91 Å². The van der Waals surface area contributed by atoms with Gasteiger partial charge < -0.3 is 15.0 Å². The smallest absolute Gasteiger partial charge is 0.236 e. The monoisotopic (exact) mass is 290 g/mol. The fraction of sp³-hybridized carbons (Fsp3) is 0.588. The lowest BCUT2D eigenvalue weighted by Crippen LogP contribution is -2.43. The van der Waals surface area contributed by atoms with Gasteiger partial charge in [0.05, 0.1) is 6.54 Å². The molecular formula is C17H26N2O2. The molecule has 1 N–H and O–H groups in total. The predicted octanol–water partition coefficient (Wildman–Crippen LogP) is 2.36. The number of benzene rings is 1. The molecule has 0 heterocycles. The molecular weight excluding hydrogens is 264 g/mol. The van der Waals surface area contributed by atoms with Crippen molar-refractivity contribution < 1.29 is 9.53 Å². The van der Waals surface area contributed by atoms with E-state index in [0.717, 1.165) is 25.1 Å². The molecule has 4 nitrogen and oxygen atoms in total. The highest BCUT2D eigenvalue weighted by Crippen LogP contribution is 2.26. The van der Waals surface area contributed by atoms with Gasteiger partial charge in [0.1, 0.15) is 12.4 Å². The quantitative estimate of drug-likeness (QED) is 0.799. The van der Waals surface area contributed by atoms with E-state index in [-0.39, 0.29) is 11.9 Å².